The summed E-state index contributed by atoms with van der Waals surface area (Å²) in [6.45, 7) is 3.06. The molecule has 0 atom stereocenters. The Bertz CT molecular complexity index is 408. The Labute approximate surface area is 106 Å². The quantitative estimate of drug-likeness (QED) is 0.648. The zero-order valence-corrected chi connectivity index (χ0v) is 10.5. The third-order valence-electron chi connectivity index (χ3n) is 2.03. The van der Waals surface area contributed by atoms with Crippen LogP contribution in [0.4, 0.5) is 5.82 Å². The van der Waals surface area contributed by atoms with Gasteiger partial charge in [-0.15, -0.1) is 0 Å². The summed E-state index contributed by atoms with van der Waals surface area (Å²) in [4.78, 5) is 15.7. The largest absolute Gasteiger partial charge is 0.388 e. The van der Waals surface area contributed by atoms with Crippen molar-refractivity contribution in [2.24, 2.45) is 5.73 Å². The number of hydrogen-bond donors (Lipinski definition) is 3. The summed E-state index contributed by atoms with van der Waals surface area (Å²) in [5.41, 5.74) is 6.05. The van der Waals surface area contributed by atoms with Gasteiger partial charge < -0.3 is 16.4 Å². The number of anilines is 1. The first-order chi connectivity index (χ1) is 8.13. The number of pyridine rings is 1. The van der Waals surface area contributed by atoms with Gasteiger partial charge in [-0.05, 0) is 19.1 Å². The first kappa shape index (κ1) is 13.4. The number of nitrogens with zero attached hydrogens (tertiary/aromatic N) is 1. The molecular weight excluding hydrogens is 236 g/mol. The predicted octanol–water partition coefficient (Wildman–Crippen LogP) is 0.654. The molecule has 0 unspecified atom stereocenters. The van der Waals surface area contributed by atoms with Crippen LogP contribution in [-0.2, 0) is 4.79 Å². The fraction of sp³-hybridized carbons (Fsp3) is 0.364. The molecule has 0 bridgehead atoms. The van der Waals surface area contributed by atoms with Gasteiger partial charge in [0, 0.05) is 19.5 Å². The van der Waals surface area contributed by atoms with Crippen LogP contribution in [0.1, 0.15) is 19.0 Å². The van der Waals surface area contributed by atoms with Gasteiger partial charge in [0.25, 0.3) is 0 Å². The van der Waals surface area contributed by atoms with Gasteiger partial charge in [-0.3, -0.25) is 4.79 Å². The van der Waals surface area contributed by atoms with E-state index in [0.29, 0.717) is 31.0 Å². The molecule has 0 fully saturated rings. The number of thiocarbonyl (C=S) groups is 1. The minimum atomic E-state index is 0.0190. The van der Waals surface area contributed by atoms with E-state index in [9.17, 15) is 4.79 Å². The van der Waals surface area contributed by atoms with E-state index in [1.54, 1.807) is 12.1 Å². The number of rotatable bonds is 6. The zero-order chi connectivity index (χ0) is 12.7. The van der Waals surface area contributed by atoms with Gasteiger partial charge >= 0.3 is 0 Å². The molecule has 1 rings (SSSR count). The normalized spacial score (nSPS) is 9.71. The van der Waals surface area contributed by atoms with Crippen molar-refractivity contribution in [1.82, 2.24) is 10.3 Å². The van der Waals surface area contributed by atoms with Crippen molar-refractivity contribution >= 4 is 28.9 Å². The van der Waals surface area contributed by atoms with Crippen LogP contribution in [0.2, 0.25) is 0 Å². The van der Waals surface area contributed by atoms with Gasteiger partial charge in [0.05, 0.1) is 5.69 Å². The van der Waals surface area contributed by atoms with E-state index in [-0.39, 0.29) is 10.9 Å². The third-order valence-corrected chi connectivity index (χ3v) is 2.24. The molecule has 4 N–H and O–H groups in total. The number of nitrogens with one attached hydrogen (secondary N) is 2. The van der Waals surface area contributed by atoms with Crippen molar-refractivity contribution < 1.29 is 4.79 Å². The molecule has 0 radical (unpaired) electrons. The Balaban J connectivity index is 2.44. The summed E-state index contributed by atoms with van der Waals surface area (Å²) >= 11 is 4.83. The van der Waals surface area contributed by atoms with Gasteiger partial charge in [0.1, 0.15) is 10.8 Å². The lowest BCUT2D eigenvalue weighted by molar-refractivity contribution is -0.120. The first-order valence-corrected chi connectivity index (χ1v) is 5.81. The summed E-state index contributed by atoms with van der Waals surface area (Å²) in [7, 11) is 0. The van der Waals surface area contributed by atoms with Crippen molar-refractivity contribution in [2.45, 2.75) is 13.3 Å². The molecular formula is C11H16N4OS. The van der Waals surface area contributed by atoms with Crippen molar-refractivity contribution in [2.75, 3.05) is 18.4 Å². The lowest BCUT2D eigenvalue weighted by Crippen LogP contribution is -2.25. The van der Waals surface area contributed by atoms with E-state index in [2.05, 4.69) is 15.6 Å². The highest BCUT2D eigenvalue weighted by atomic mass is 32.1. The molecule has 0 saturated carbocycles. The first-order valence-electron chi connectivity index (χ1n) is 5.41. The highest BCUT2D eigenvalue weighted by molar-refractivity contribution is 7.80. The van der Waals surface area contributed by atoms with Crippen LogP contribution >= 0.6 is 12.2 Å². The summed E-state index contributed by atoms with van der Waals surface area (Å²) in [5.74, 6) is 0.685. The maximum Gasteiger partial charge on any atom is 0.221 e. The molecule has 1 heterocycles. The number of aromatic nitrogens is 1. The predicted molar refractivity (Wildman–Crippen MR) is 71.9 cm³/mol. The number of hydrogen-bond acceptors (Lipinski definition) is 4. The molecule has 17 heavy (non-hydrogen) atoms. The Morgan fingerprint density at radius 2 is 2.29 bits per heavy atom. The maximum absolute atomic E-state index is 11.2. The number of carbonyl (C=O) groups is 1. The molecule has 0 aliphatic carbocycles. The second-order valence-electron chi connectivity index (χ2n) is 3.40. The van der Waals surface area contributed by atoms with E-state index in [0.717, 1.165) is 0 Å². The molecule has 1 amide bonds. The van der Waals surface area contributed by atoms with Crippen LogP contribution in [0, 0.1) is 0 Å². The van der Waals surface area contributed by atoms with Crippen molar-refractivity contribution in [3.63, 3.8) is 0 Å². The maximum atomic E-state index is 11.2. The van der Waals surface area contributed by atoms with Crippen molar-refractivity contribution in [3.8, 4) is 0 Å². The van der Waals surface area contributed by atoms with E-state index in [4.69, 9.17) is 18.0 Å². The number of amides is 1. The molecule has 6 heteroatoms. The smallest absolute Gasteiger partial charge is 0.221 e. The fourth-order valence-electron chi connectivity index (χ4n) is 1.26. The Morgan fingerprint density at radius 1 is 1.53 bits per heavy atom. The van der Waals surface area contributed by atoms with Crippen LogP contribution in [-0.4, -0.2) is 29.0 Å². The summed E-state index contributed by atoms with van der Waals surface area (Å²) < 4.78 is 0. The van der Waals surface area contributed by atoms with Crippen LogP contribution < -0.4 is 16.4 Å². The monoisotopic (exact) mass is 252 g/mol. The molecule has 0 spiro atoms. The molecule has 1 aromatic heterocycles. The van der Waals surface area contributed by atoms with E-state index in [1.165, 1.54) is 0 Å². The summed E-state index contributed by atoms with van der Waals surface area (Å²) in [6, 6.07) is 5.37. The topological polar surface area (TPSA) is 80.0 Å². The average molecular weight is 252 g/mol. The van der Waals surface area contributed by atoms with Gasteiger partial charge in [-0.1, -0.05) is 18.3 Å². The molecule has 92 valence electrons. The molecule has 1 aromatic rings. The van der Waals surface area contributed by atoms with Crippen LogP contribution in [0.5, 0.6) is 0 Å². The minimum Gasteiger partial charge on any atom is -0.388 e. The SMILES string of the molecule is CCNC(=O)CCNc1cccc(C(N)=S)n1. The van der Waals surface area contributed by atoms with Crippen molar-refractivity contribution in [3.05, 3.63) is 23.9 Å². The van der Waals surface area contributed by atoms with Gasteiger partial charge in [0.2, 0.25) is 5.91 Å². The van der Waals surface area contributed by atoms with Crippen LogP contribution in [0.3, 0.4) is 0 Å². The average Bonchev–Trinajstić information content (AvgIpc) is 2.30. The Morgan fingerprint density at radius 3 is 2.94 bits per heavy atom. The minimum absolute atomic E-state index is 0.0190. The van der Waals surface area contributed by atoms with Gasteiger partial charge in [-0.25, -0.2) is 4.98 Å². The number of carbonyl (C=O) groups excluding carboxylic acids is 1. The van der Waals surface area contributed by atoms with E-state index < -0.39 is 0 Å². The Hall–Kier alpha value is -1.69. The van der Waals surface area contributed by atoms with E-state index in [1.807, 2.05) is 13.0 Å². The Kier molecular flexibility index (Phi) is 5.35. The second kappa shape index (κ2) is 6.80. The lowest BCUT2D eigenvalue weighted by atomic mass is 10.3. The summed E-state index contributed by atoms with van der Waals surface area (Å²) in [5, 5.41) is 5.76. The molecule has 5 nitrogen and oxygen atoms in total. The molecule has 0 aliphatic rings. The highest BCUT2D eigenvalue weighted by Crippen LogP contribution is 2.04. The lowest BCUT2D eigenvalue weighted by Gasteiger charge is -2.06. The zero-order valence-electron chi connectivity index (χ0n) is 9.69. The fourth-order valence-corrected chi connectivity index (χ4v) is 1.37. The van der Waals surface area contributed by atoms with Crippen molar-refractivity contribution in [1.29, 1.82) is 0 Å². The standard InChI is InChI=1S/C11H16N4OS/c1-2-13-10(16)6-7-14-9-5-3-4-8(15-9)11(12)17/h3-5H,2,6-7H2,1H3,(H2,12,17)(H,13,16)(H,14,15). The number of nitrogens with two attached hydrogens (primary N) is 1. The highest BCUT2D eigenvalue weighted by Gasteiger charge is 2.01. The van der Waals surface area contributed by atoms with Crippen LogP contribution in [0.25, 0.3) is 0 Å². The van der Waals surface area contributed by atoms with E-state index >= 15 is 0 Å². The van der Waals surface area contributed by atoms with Gasteiger partial charge in [0.15, 0.2) is 0 Å². The van der Waals surface area contributed by atoms with Crippen LogP contribution in [0.15, 0.2) is 18.2 Å². The molecule has 0 saturated heterocycles. The molecule has 0 aromatic carbocycles. The van der Waals surface area contributed by atoms with Gasteiger partial charge in [-0.2, -0.15) is 0 Å². The molecule has 0 aliphatic heterocycles. The second-order valence-corrected chi connectivity index (χ2v) is 3.84. The summed E-state index contributed by atoms with van der Waals surface area (Å²) in [6.07, 6.45) is 0.410. The third kappa shape index (κ3) is 4.78.